The standard InChI is InChI=1S/C16H23N3O3/c1-15(2)9-12(10-16(3,4)18-15)17-14(20)11-5-7-13(8-6-11)19(21)22/h5-8,12,18H,9-10H2,1-4H3,(H,17,20). The zero-order chi connectivity index (χ0) is 16.5. The minimum absolute atomic E-state index is 0.0133. The van der Waals surface area contributed by atoms with Gasteiger partial charge in [-0.2, -0.15) is 0 Å². The predicted molar refractivity (Wildman–Crippen MR) is 84.9 cm³/mol. The third kappa shape index (κ3) is 4.04. The highest BCUT2D eigenvalue weighted by molar-refractivity contribution is 5.94. The van der Waals surface area contributed by atoms with Crippen molar-refractivity contribution in [1.82, 2.24) is 10.6 Å². The van der Waals surface area contributed by atoms with Gasteiger partial charge >= 0.3 is 0 Å². The fourth-order valence-electron chi connectivity index (χ4n) is 3.43. The van der Waals surface area contributed by atoms with E-state index in [1.54, 1.807) is 0 Å². The van der Waals surface area contributed by atoms with Crippen molar-refractivity contribution >= 4 is 11.6 Å². The van der Waals surface area contributed by atoms with Gasteiger partial charge in [-0.15, -0.1) is 0 Å². The van der Waals surface area contributed by atoms with Gasteiger partial charge in [0.25, 0.3) is 11.6 Å². The van der Waals surface area contributed by atoms with Crippen LogP contribution in [-0.4, -0.2) is 28.0 Å². The van der Waals surface area contributed by atoms with Crippen LogP contribution in [0.5, 0.6) is 0 Å². The Morgan fingerprint density at radius 2 is 1.68 bits per heavy atom. The van der Waals surface area contributed by atoms with Gasteiger partial charge in [0.15, 0.2) is 0 Å². The number of nitro benzene ring substituents is 1. The van der Waals surface area contributed by atoms with Gasteiger partial charge in [0.1, 0.15) is 0 Å². The average molecular weight is 305 g/mol. The van der Waals surface area contributed by atoms with Gasteiger partial charge in [0.2, 0.25) is 0 Å². The molecule has 2 rings (SSSR count). The minimum Gasteiger partial charge on any atom is -0.349 e. The maximum absolute atomic E-state index is 12.3. The van der Waals surface area contributed by atoms with Gasteiger partial charge in [-0.3, -0.25) is 14.9 Å². The van der Waals surface area contributed by atoms with Crippen LogP contribution < -0.4 is 10.6 Å². The number of rotatable bonds is 3. The summed E-state index contributed by atoms with van der Waals surface area (Å²) in [5.41, 5.74) is 0.338. The second kappa shape index (κ2) is 5.68. The van der Waals surface area contributed by atoms with E-state index in [-0.39, 0.29) is 28.7 Å². The lowest BCUT2D eigenvalue weighted by Gasteiger charge is -2.46. The molecule has 1 aliphatic heterocycles. The van der Waals surface area contributed by atoms with Crippen molar-refractivity contribution in [1.29, 1.82) is 0 Å². The summed E-state index contributed by atoms with van der Waals surface area (Å²) in [7, 11) is 0. The molecule has 1 heterocycles. The first-order valence-electron chi connectivity index (χ1n) is 7.43. The normalized spacial score (nSPS) is 20.4. The molecule has 22 heavy (non-hydrogen) atoms. The molecule has 0 unspecified atom stereocenters. The van der Waals surface area contributed by atoms with Crippen LogP contribution in [0.4, 0.5) is 5.69 Å². The molecule has 0 aromatic heterocycles. The number of amides is 1. The summed E-state index contributed by atoms with van der Waals surface area (Å²) in [5.74, 6) is -0.187. The van der Waals surface area contributed by atoms with E-state index in [4.69, 9.17) is 0 Å². The van der Waals surface area contributed by atoms with Crippen molar-refractivity contribution in [2.24, 2.45) is 0 Å². The van der Waals surface area contributed by atoms with E-state index in [1.807, 2.05) is 0 Å². The summed E-state index contributed by atoms with van der Waals surface area (Å²) in [6, 6.07) is 5.76. The minimum atomic E-state index is -0.473. The monoisotopic (exact) mass is 305 g/mol. The number of nitrogens with zero attached hydrogens (tertiary/aromatic N) is 1. The molecule has 0 atom stereocenters. The average Bonchev–Trinajstić information content (AvgIpc) is 2.34. The number of benzene rings is 1. The molecule has 0 aliphatic carbocycles. The summed E-state index contributed by atoms with van der Waals surface area (Å²) < 4.78 is 0. The first-order valence-corrected chi connectivity index (χ1v) is 7.43. The molecule has 1 aliphatic rings. The van der Waals surface area contributed by atoms with Crippen molar-refractivity contribution < 1.29 is 9.72 Å². The smallest absolute Gasteiger partial charge is 0.269 e. The number of hydrogen-bond donors (Lipinski definition) is 2. The van der Waals surface area contributed by atoms with E-state index in [1.165, 1.54) is 24.3 Å². The highest BCUT2D eigenvalue weighted by Gasteiger charge is 2.38. The Bertz CT molecular complexity index is 563. The molecule has 1 saturated heterocycles. The van der Waals surface area contributed by atoms with Crippen LogP contribution in [0, 0.1) is 10.1 Å². The summed E-state index contributed by atoms with van der Waals surface area (Å²) in [6.07, 6.45) is 1.68. The van der Waals surface area contributed by atoms with Crippen molar-refractivity contribution in [2.45, 2.75) is 57.7 Å². The van der Waals surface area contributed by atoms with Crippen LogP contribution in [0.25, 0.3) is 0 Å². The van der Waals surface area contributed by atoms with Crippen LogP contribution in [0.1, 0.15) is 50.9 Å². The second-order valence-corrected chi connectivity index (χ2v) is 7.28. The highest BCUT2D eigenvalue weighted by atomic mass is 16.6. The molecule has 1 amide bonds. The fourth-order valence-corrected chi connectivity index (χ4v) is 3.43. The van der Waals surface area contributed by atoms with E-state index >= 15 is 0 Å². The quantitative estimate of drug-likeness (QED) is 0.664. The molecular formula is C16H23N3O3. The van der Waals surface area contributed by atoms with Crippen LogP contribution in [0.15, 0.2) is 24.3 Å². The Morgan fingerprint density at radius 1 is 1.18 bits per heavy atom. The van der Waals surface area contributed by atoms with E-state index < -0.39 is 4.92 Å². The third-order valence-electron chi connectivity index (χ3n) is 3.87. The van der Waals surface area contributed by atoms with Crippen molar-refractivity contribution in [3.05, 3.63) is 39.9 Å². The number of carbonyl (C=O) groups is 1. The lowest BCUT2D eigenvalue weighted by atomic mass is 9.79. The second-order valence-electron chi connectivity index (χ2n) is 7.28. The van der Waals surface area contributed by atoms with Gasteiger partial charge in [0.05, 0.1) is 4.92 Å². The molecule has 0 spiro atoms. The number of nitrogens with one attached hydrogen (secondary N) is 2. The van der Waals surface area contributed by atoms with Gasteiger partial charge in [-0.1, -0.05) is 0 Å². The van der Waals surface area contributed by atoms with Crippen LogP contribution in [0.3, 0.4) is 0 Å². The third-order valence-corrected chi connectivity index (χ3v) is 3.87. The Morgan fingerprint density at radius 3 is 2.14 bits per heavy atom. The maximum atomic E-state index is 12.3. The number of non-ortho nitro benzene ring substituents is 1. The summed E-state index contributed by atoms with van der Waals surface area (Å²) in [5, 5.41) is 17.3. The number of piperidine rings is 1. The molecule has 6 heteroatoms. The van der Waals surface area contributed by atoms with Crippen molar-refractivity contribution in [3.63, 3.8) is 0 Å². The topological polar surface area (TPSA) is 84.3 Å². The highest BCUT2D eigenvalue weighted by Crippen LogP contribution is 2.28. The molecule has 120 valence electrons. The lowest BCUT2D eigenvalue weighted by molar-refractivity contribution is -0.384. The molecule has 1 aromatic carbocycles. The zero-order valence-electron chi connectivity index (χ0n) is 13.5. The lowest BCUT2D eigenvalue weighted by Crippen LogP contribution is -2.62. The zero-order valence-corrected chi connectivity index (χ0v) is 13.5. The van der Waals surface area contributed by atoms with Crippen molar-refractivity contribution in [3.8, 4) is 0 Å². The molecule has 0 radical (unpaired) electrons. The molecule has 6 nitrogen and oxygen atoms in total. The van der Waals surface area contributed by atoms with Gasteiger partial charge in [-0.25, -0.2) is 0 Å². The van der Waals surface area contributed by atoms with Crippen LogP contribution in [-0.2, 0) is 0 Å². The number of nitro groups is 1. The van der Waals surface area contributed by atoms with Crippen LogP contribution >= 0.6 is 0 Å². The van der Waals surface area contributed by atoms with Crippen molar-refractivity contribution in [2.75, 3.05) is 0 Å². The van der Waals surface area contributed by atoms with E-state index in [9.17, 15) is 14.9 Å². The largest absolute Gasteiger partial charge is 0.349 e. The van der Waals surface area contributed by atoms with Crippen LogP contribution in [0.2, 0.25) is 0 Å². The van der Waals surface area contributed by atoms with E-state index in [2.05, 4.69) is 38.3 Å². The Kier molecular flexibility index (Phi) is 4.24. The molecular weight excluding hydrogens is 282 g/mol. The predicted octanol–water partition coefficient (Wildman–Crippen LogP) is 2.63. The molecule has 0 bridgehead atoms. The Labute approximate surface area is 130 Å². The summed E-state index contributed by atoms with van der Waals surface area (Å²) in [4.78, 5) is 22.5. The molecule has 1 aromatic rings. The van der Waals surface area contributed by atoms with Gasteiger partial charge in [-0.05, 0) is 52.7 Å². The van der Waals surface area contributed by atoms with Gasteiger partial charge < -0.3 is 10.6 Å². The first kappa shape index (κ1) is 16.4. The first-order chi connectivity index (χ1) is 10.1. The maximum Gasteiger partial charge on any atom is 0.269 e. The Balaban J connectivity index is 2.06. The fraction of sp³-hybridized carbons (Fsp3) is 0.562. The molecule has 0 saturated carbocycles. The Hall–Kier alpha value is -1.95. The number of hydrogen-bond acceptors (Lipinski definition) is 4. The molecule has 1 fully saturated rings. The SMILES string of the molecule is CC1(C)CC(NC(=O)c2ccc([N+](=O)[O-])cc2)CC(C)(C)N1. The number of carbonyl (C=O) groups excluding carboxylic acids is 1. The van der Waals surface area contributed by atoms with E-state index in [0.717, 1.165) is 12.8 Å². The summed E-state index contributed by atoms with van der Waals surface area (Å²) >= 11 is 0. The van der Waals surface area contributed by atoms with E-state index in [0.29, 0.717) is 5.56 Å². The summed E-state index contributed by atoms with van der Waals surface area (Å²) in [6.45, 7) is 8.50. The van der Waals surface area contributed by atoms with Gasteiger partial charge in [0, 0.05) is 34.8 Å². The molecule has 2 N–H and O–H groups in total.